The Labute approximate surface area is 151 Å². The van der Waals surface area contributed by atoms with Gasteiger partial charge in [0.1, 0.15) is 13.2 Å². The minimum atomic E-state index is -0.698. The van der Waals surface area contributed by atoms with Gasteiger partial charge in [-0.15, -0.1) is 10.2 Å². The van der Waals surface area contributed by atoms with E-state index in [2.05, 4.69) is 15.2 Å². The summed E-state index contributed by atoms with van der Waals surface area (Å²) in [6.45, 7) is 0.839. The molecular weight excluding hydrogens is 356 g/mol. The molecule has 1 amide bonds. The Morgan fingerprint density at radius 1 is 1.15 bits per heavy atom. The van der Waals surface area contributed by atoms with Crippen molar-refractivity contribution in [3.8, 4) is 17.4 Å². The largest absolute Gasteiger partial charge is 0.493 e. The van der Waals surface area contributed by atoms with Crippen molar-refractivity contribution in [1.29, 1.82) is 0 Å². The monoisotopic (exact) mass is 368 g/mol. The number of nitrogens with one attached hydrogen (secondary N) is 1. The van der Waals surface area contributed by atoms with Crippen LogP contribution in [-0.2, 0) is 0 Å². The summed E-state index contributed by atoms with van der Waals surface area (Å²) in [5.74, 6) is 0.0927. The summed E-state index contributed by atoms with van der Waals surface area (Å²) >= 11 is 0. The SMILES string of the molecule is O=C(N=Nc1c(O)[nH]c2cc3c(cc12)OCCO3)c1ccc([N+](=O)[O-])cc1. The number of aromatic amines is 1. The first-order chi connectivity index (χ1) is 13.0. The predicted octanol–water partition coefficient (Wildman–Crippen LogP) is 3.48. The van der Waals surface area contributed by atoms with Crippen molar-refractivity contribution < 1.29 is 24.3 Å². The Hall–Kier alpha value is -3.95. The first-order valence-corrected chi connectivity index (χ1v) is 7.88. The summed E-state index contributed by atoms with van der Waals surface area (Å²) in [4.78, 5) is 25.0. The number of non-ortho nitro benzene ring substituents is 1. The zero-order valence-electron chi connectivity index (χ0n) is 13.7. The van der Waals surface area contributed by atoms with Crippen molar-refractivity contribution in [2.75, 3.05) is 13.2 Å². The van der Waals surface area contributed by atoms with E-state index in [0.29, 0.717) is 35.6 Å². The van der Waals surface area contributed by atoms with Crippen LogP contribution >= 0.6 is 0 Å². The van der Waals surface area contributed by atoms with Crippen LogP contribution in [-0.4, -0.2) is 34.1 Å². The van der Waals surface area contributed by atoms with Gasteiger partial charge in [0.15, 0.2) is 17.2 Å². The molecule has 1 aromatic heterocycles. The van der Waals surface area contributed by atoms with E-state index in [1.807, 2.05) is 0 Å². The number of carbonyl (C=O) groups is 1. The summed E-state index contributed by atoms with van der Waals surface area (Å²) in [6, 6.07) is 8.29. The van der Waals surface area contributed by atoms with Crippen molar-refractivity contribution in [2.24, 2.45) is 10.2 Å². The molecule has 4 rings (SSSR count). The van der Waals surface area contributed by atoms with Gasteiger partial charge < -0.3 is 19.6 Å². The number of fused-ring (bicyclic) bond motifs is 2. The third-order valence-electron chi connectivity index (χ3n) is 3.98. The number of rotatable bonds is 3. The number of H-pyrrole nitrogens is 1. The molecule has 3 aromatic rings. The number of ether oxygens (including phenoxy) is 2. The van der Waals surface area contributed by atoms with Gasteiger partial charge in [0.25, 0.3) is 11.6 Å². The average Bonchev–Trinajstić information content (AvgIpc) is 2.98. The molecule has 2 heterocycles. The van der Waals surface area contributed by atoms with E-state index in [-0.39, 0.29) is 22.8 Å². The first kappa shape index (κ1) is 16.5. The lowest BCUT2D eigenvalue weighted by atomic mass is 10.2. The summed E-state index contributed by atoms with van der Waals surface area (Å²) in [5, 5.41) is 28.7. The van der Waals surface area contributed by atoms with E-state index >= 15 is 0 Å². The van der Waals surface area contributed by atoms with Gasteiger partial charge in [-0.05, 0) is 18.2 Å². The van der Waals surface area contributed by atoms with E-state index < -0.39 is 10.8 Å². The highest BCUT2D eigenvalue weighted by molar-refractivity contribution is 5.98. The van der Waals surface area contributed by atoms with E-state index in [1.54, 1.807) is 12.1 Å². The van der Waals surface area contributed by atoms with Gasteiger partial charge in [-0.3, -0.25) is 14.9 Å². The Kier molecular flexibility index (Phi) is 3.92. The Morgan fingerprint density at radius 3 is 2.48 bits per heavy atom. The number of aromatic nitrogens is 1. The molecule has 136 valence electrons. The van der Waals surface area contributed by atoms with E-state index in [0.717, 1.165) is 0 Å². The molecule has 1 aliphatic heterocycles. The lowest BCUT2D eigenvalue weighted by Crippen LogP contribution is -2.15. The fraction of sp³-hybridized carbons (Fsp3) is 0.118. The maximum Gasteiger partial charge on any atom is 0.295 e. The lowest BCUT2D eigenvalue weighted by molar-refractivity contribution is -0.384. The molecular formula is C17H12N4O6. The number of carbonyl (C=O) groups excluding carboxylic acids is 1. The number of aromatic hydroxyl groups is 1. The number of nitro groups is 1. The second kappa shape index (κ2) is 6.41. The maximum atomic E-state index is 12.1. The lowest BCUT2D eigenvalue weighted by Gasteiger charge is -2.17. The second-order valence-corrected chi connectivity index (χ2v) is 5.67. The van der Waals surface area contributed by atoms with Gasteiger partial charge in [-0.2, -0.15) is 0 Å². The minimum absolute atomic E-state index is 0.0808. The molecule has 0 saturated heterocycles. The molecule has 10 heteroatoms. The van der Waals surface area contributed by atoms with Crippen LogP contribution in [0.25, 0.3) is 10.9 Å². The molecule has 0 saturated carbocycles. The normalized spacial score (nSPS) is 13.2. The van der Waals surface area contributed by atoms with Crippen molar-refractivity contribution in [1.82, 2.24) is 4.98 Å². The molecule has 0 unspecified atom stereocenters. The summed E-state index contributed by atoms with van der Waals surface area (Å²) in [5.41, 5.74) is 0.633. The molecule has 2 aromatic carbocycles. The number of azo groups is 1. The van der Waals surface area contributed by atoms with Crippen LogP contribution in [0.15, 0.2) is 46.6 Å². The molecule has 0 fully saturated rings. The van der Waals surface area contributed by atoms with E-state index in [9.17, 15) is 20.0 Å². The third-order valence-corrected chi connectivity index (χ3v) is 3.98. The number of hydrogen-bond donors (Lipinski definition) is 2. The Balaban J connectivity index is 1.65. The van der Waals surface area contributed by atoms with Crippen LogP contribution in [0.4, 0.5) is 11.4 Å². The van der Waals surface area contributed by atoms with Gasteiger partial charge >= 0.3 is 0 Å². The van der Waals surface area contributed by atoms with Gasteiger partial charge in [-0.1, -0.05) is 0 Å². The highest BCUT2D eigenvalue weighted by Gasteiger charge is 2.18. The maximum absolute atomic E-state index is 12.1. The van der Waals surface area contributed by atoms with Gasteiger partial charge in [0, 0.05) is 29.1 Å². The summed E-state index contributed by atoms with van der Waals surface area (Å²) < 4.78 is 11.0. The molecule has 0 atom stereocenters. The highest BCUT2D eigenvalue weighted by Crippen LogP contribution is 2.42. The number of nitro benzene ring substituents is 1. The second-order valence-electron chi connectivity index (χ2n) is 5.67. The van der Waals surface area contributed by atoms with Crippen LogP contribution in [0.3, 0.4) is 0 Å². The smallest absolute Gasteiger partial charge is 0.295 e. The quantitative estimate of drug-likeness (QED) is 0.412. The fourth-order valence-electron chi connectivity index (χ4n) is 2.68. The minimum Gasteiger partial charge on any atom is -0.493 e. The molecule has 1 aliphatic rings. The molecule has 0 aliphatic carbocycles. The third kappa shape index (κ3) is 3.03. The molecule has 2 N–H and O–H groups in total. The van der Waals surface area contributed by atoms with Crippen molar-refractivity contribution >= 4 is 28.2 Å². The fourth-order valence-corrected chi connectivity index (χ4v) is 2.68. The number of amides is 1. The van der Waals surface area contributed by atoms with Crippen LogP contribution in [0, 0.1) is 10.1 Å². The van der Waals surface area contributed by atoms with Crippen molar-refractivity contribution in [3.63, 3.8) is 0 Å². The van der Waals surface area contributed by atoms with Gasteiger partial charge in [0.2, 0.25) is 5.88 Å². The molecule has 0 spiro atoms. The van der Waals surface area contributed by atoms with Crippen LogP contribution in [0.1, 0.15) is 10.4 Å². The average molecular weight is 368 g/mol. The summed E-state index contributed by atoms with van der Waals surface area (Å²) in [6.07, 6.45) is 0. The highest BCUT2D eigenvalue weighted by atomic mass is 16.6. The Morgan fingerprint density at radius 2 is 1.81 bits per heavy atom. The zero-order valence-corrected chi connectivity index (χ0v) is 13.7. The van der Waals surface area contributed by atoms with E-state index in [4.69, 9.17) is 9.47 Å². The predicted molar refractivity (Wildman–Crippen MR) is 92.9 cm³/mol. The van der Waals surface area contributed by atoms with Crippen LogP contribution < -0.4 is 9.47 Å². The number of hydrogen-bond acceptors (Lipinski definition) is 7. The van der Waals surface area contributed by atoms with Gasteiger partial charge in [-0.25, -0.2) is 0 Å². The zero-order chi connectivity index (χ0) is 19.0. The molecule has 0 bridgehead atoms. The standard InChI is InChI=1S/C17H12N4O6/c22-16(9-1-3-10(4-2-9)21(24)25)20-19-15-11-7-13-14(27-6-5-26-13)8-12(11)18-17(15)23/h1-4,7-8,18,23H,5-6H2. The van der Waals surface area contributed by atoms with E-state index in [1.165, 1.54) is 24.3 Å². The number of benzene rings is 2. The molecule has 27 heavy (non-hydrogen) atoms. The van der Waals surface area contributed by atoms with Crippen LogP contribution in [0.5, 0.6) is 17.4 Å². The summed E-state index contributed by atoms with van der Waals surface area (Å²) in [7, 11) is 0. The van der Waals surface area contributed by atoms with Crippen molar-refractivity contribution in [3.05, 3.63) is 52.1 Å². The first-order valence-electron chi connectivity index (χ1n) is 7.88. The topological polar surface area (TPSA) is 139 Å². The molecule has 10 nitrogen and oxygen atoms in total. The van der Waals surface area contributed by atoms with Gasteiger partial charge in [0.05, 0.1) is 10.4 Å². The number of nitrogens with zero attached hydrogens (tertiary/aromatic N) is 3. The van der Waals surface area contributed by atoms with Crippen molar-refractivity contribution in [2.45, 2.75) is 0 Å². The molecule has 0 radical (unpaired) electrons. The van der Waals surface area contributed by atoms with Crippen LogP contribution in [0.2, 0.25) is 0 Å². The Bertz CT molecular complexity index is 1090.